The lowest BCUT2D eigenvalue weighted by Gasteiger charge is -1.69. The van der Waals surface area contributed by atoms with Crippen LogP contribution in [0.4, 0.5) is 9.15 Å². The van der Waals surface area contributed by atoms with Crippen LogP contribution in [0.15, 0.2) is 0 Å². The minimum absolute atomic E-state index is 0. The first-order chi connectivity index (χ1) is 10.2. The molecule has 9 heteroatoms. The molecular weight excluding hydrogens is 364 g/mol. The van der Waals surface area contributed by atoms with Gasteiger partial charge in [-0.25, -0.2) is 8.42 Å². The number of aliphatic hydroxyl groups is 2. The fraction of sp³-hybridized carbons (Fsp3) is 1.00. The van der Waals surface area contributed by atoms with E-state index in [1.807, 2.05) is 13.8 Å². The highest BCUT2D eigenvalue weighted by molar-refractivity contribution is 7.89. The van der Waals surface area contributed by atoms with Gasteiger partial charge in [0.15, 0.2) is 0 Å². The summed E-state index contributed by atoms with van der Waals surface area (Å²) >= 11 is 5.19. The number of aliphatic hydroxyl groups excluding tert-OH is 2. The Morgan fingerprint density at radius 2 is 1.04 bits per heavy atom. The number of rotatable bonds is 2. The molecule has 0 atom stereocenters. The van der Waals surface area contributed by atoms with Gasteiger partial charge in [-0.2, -0.15) is 0 Å². The average Bonchev–Trinajstić information content (AvgIpc) is 2.52. The third kappa shape index (κ3) is 2470. The van der Waals surface area contributed by atoms with Gasteiger partial charge < -0.3 is 15.9 Å². The highest BCUT2D eigenvalue weighted by Crippen LogP contribution is 1.75. The number of nitrogens with two attached hydrogens (primary N) is 1. The summed E-state index contributed by atoms with van der Waals surface area (Å²) in [5, 5.41) is 15.4. The van der Waals surface area contributed by atoms with E-state index in [0.717, 1.165) is 31.2 Å². The SMILES string of the molecule is C.C.C.C.CCCCl.CCCO.CCO.CN.CS(C)(=O)=O.FF.[2H][2H]. The van der Waals surface area contributed by atoms with Gasteiger partial charge in [0.1, 0.15) is 9.84 Å². The smallest absolute Gasteiger partial charge is 0.144 e. The molecule has 0 aromatic carbocycles. The van der Waals surface area contributed by atoms with Crippen molar-refractivity contribution in [1.82, 2.24) is 0 Å². The van der Waals surface area contributed by atoms with Crippen molar-refractivity contribution in [2.45, 2.75) is 63.3 Å². The molecule has 0 fully saturated rings. The van der Waals surface area contributed by atoms with Crippen LogP contribution >= 0.6 is 11.6 Å². The first-order valence-electron chi connectivity index (χ1n) is 6.89. The third-order valence-electron chi connectivity index (χ3n) is 0.413. The molecule has 0 saturated carbocycles. The Morgan fingerprint density at radius 3 is 1.04 bits per heavy atom. The summed E-state index contributed by atoms with van der Waals surface area (Å²) < 4.78 is 45.3. The molecule has 0 rings (SSSR count). The van der Waals surface area contributed by atoms with Gasteiger partial charge in [-0.1, -0.05) is 43.6 Å². The molecule has 0 aromatic rings. The van der Waals surface area contributed by atoms with Crippen molar-refractivity contribution in [1.29, 1.82) is 0 Å². The van der Waals surface area contributed by atoms with Crippen LogP contribution < -0.4 is 5.73 Å². The molecule has 4 N–H and O–H groups in total. The maximum absolute atomic E-state index is 9.63. The highest BCUT2D eigenvalue weighted by atomic mass is 35.5. The average molecular weight is 416 g/mol. The van der Waals surface area contributed by atoms with Crippen LogP contribution in [0.25, 0.3) is 0 Å². The summed E-state index contributed by atoms with van der Waals surface area (Å²) in [6.45, 7) is 6.23. The van der Waals surface area contributed by atoms with Gasteiger partial charge in [0, 0.05) is 43.7 Å². The second-order valence-electron chi connectivity index (χ2n) is 2.87. The first kappa shape index (κ1) is 56.4. The van der Waals surface area contributed by atoms with Crippen molar-refractivity contribution in [2.75, 3.05) is 38.7 Å². The maximum atomic E-state index is 9.63. The van der Waals surface area contributed by atoms with E-state index in [0.29, 0.717) is 6.61 Å². The zero-order valence-corrected chi connectivity index (χ0v) is 14.9. The van der Waals surface area contributed by atoms with Gasteiger partial charge in [-0.05, 0) is 26.8 Å². The van der Waals surface area contributed by atoms with E-state index in [2.05, 4.69) is 5.73 Å². The Morgan fingerprint density at radius 1 is 0.958 bits per heavy atom. The normalized spacial score (nSPS) is 6.50. The van der Waals surface area contributed by atoms with Gasteiger partial charge in [0.05, 0.1) is 0 Å². The molecule has 0 saturated heterocycles. The Hall–Kier alpha value is -0.0200. The van der Waals surface area contributed by atoms with Crippen LogP contribution in [-0.4, -0.2) is 57.3 Å². The van der Waals surface area contributed by atoms with Crippen LogP contribution in [0.3, 0.4) is 0 Å². The summed E-state index contributed by atoms with van der Waals surface area (Å²) in [6.07, 6.45) is 4.28. The quantitative estimate of drug-likeness (QED) is 0.557. The van der Waals surface area contributed by atoms with Crippen molar-refractivity contribution in [2.24, 2.45) is 5.73 Å². The summed E-state index contributed by atoms with van der Waals surface area (Å²) in [5.41, 5.74) is 4.50. The Kier molecular flexibility index (Phi) is 217. The number of alkyl halides is 1. The lowest BCUT2D eigenvalue weighted by atomic mass is 10.5. The molecule has 0 aliphatic heterocycles. The molecule has 0 unspecified atom stereocenters. The third-order valence-corrected chi connectivity index (χ3v) is 0.791. The predicted molar refractivity (Wildman–Crippen MR) is 113 cm³/mol. The molecule has 166 valence electrons. The molecule has 0 bridgehead atoms. The second kappa shape index (κ2) is 92.1. The molecular formula is C15H50ClF2NO4S. The van der Waals surface area contributed by atoms with E-state index in [-0.39, 0.29) is 36.3 Å². The largest absolute Gasteiger partial charge is 0.397 e. The van der Waals surface area contributed by atoms with E-state index in [9.17, 15) is 8.42 Å². The van der Waals surface area contributed by atoms with Crippen molar-refractivity contribution in [3.05, 3.63) is 0 Å². The molecule has 0 spiro atoms. The van der Waals surface area contributed by atoms with E-state index < -0.39 is 9.84 Å². The second-order valence-corrected chi connectivity index (χ2v) is 5.54. The molecule has 0 aromatic heterocycles. The van der Waals surface area contributed by atoms with Gasteiger partial charge in [-0.15, -0.1) is 11.6 Å². The topological polar surface area (TPSA) is 101 Å². The molecule has 0 aliphatic rings. The van der Waals surface area contributed by atoms with Crippen LogP contribution in [-0.2, 0) is 9.84 Å². The van der Waals surface area contributed by atoms with E-state index in [1.165, 1.54) is 7.05 Å². The van der Waals surface area contributed by atoms with E-state index >= 15 is 0 Å². The standard InChI is InChI=1S/C3H7Cl.C3H8O.C2H6O2S.C2H6O.CH5N.4CH4.F2.H2/c2*1-2-3-4;1-5(2,3)4;1-2-3;1-2;;;;;1-2;/h2-3H2,1H3;4H,2-3H2,1H3;1-2H3;3H,2H2,1H3;2H2,1H3;4*1H4;;1H/i;;;;;;;;;;1+1D. The predicted octanol–water partition coefficient (Wildman–Crippen LogP) is 4.89. The number of sulfone groups is 1. The summed E-state index contributed by atoms with van der Waals surface area (Å²) in [4.78, 5) is 0. The summed E-state index contributed by atoms with van der Waals surface area (Å²) in [6, 6.07) is 0. The molecule has 5 nitrogen and oxygen atoms in total. The van der Waals surface area contributed by atoms with Crippen LogP contribution in [0, 0.1) is 0 Å². The van der Waals surface area contributed by atoms with Crippen molar-refractivity contribution in [3.63, 3.8) is 0 Å². The summed E-state index contributed by atoms with van der Waals surface area (Å²) in [7, 11) is -1.17. The monoisotopic (exact) mass is 415 g/mol. The molecule has 24 heavy (non-hydrogen) atoms. The zero-order chi connectivity index (χ0) is 20.0. The van der Waals surface area contributed by atoms with E-state index in [1.54, 1.807) is 6.92 Å². The number of hydrogen-bond donors (Lipinski definition) is 3. The minimum atomic E-state index is -2.67. The lowest BCUT2D eigenvalue weighted by molar-refractivity contribution is 0.108. The van der Waals surface area contributed by atoms with Crippen LogP contribution in [0.5, 0.6) is 0 Å². The molecule has 0 amide bonds. The number of hydrogen-bond acceptors (Lipinski definition) is 5. The van der Waals surface area contributed by atoms with E-state index in [4.69, 9.17) is 33.9 Å². The number of halogens is 3. The van der Waals surface area contributed by atoms with Crippen molar-refractivity contribution in [3.8, 4) is 0 Å². The highest BCUT2D eigenvalue weighted by Gasteiger charge is 1.79. The Balaban J connectivity index is -0.0000000113. The van der Waals surface area contributed by atoms with Crippen molar-refractivity contribution >= 4 is 21.4 Å². The minimum Gasteiger partial charge on any atom is -0.397 e. The lowest BCUT2D eigenvalue weighted by Crippen LogP contribution is -1.86. The zero-order valence-electron chi connectivity index (χ0n) is 15.4. The summed E-state index contributed by atoms with van der Waals surface area (Å²) in [5.74, 6) is 0.792. The van der Waals surface area contributed by atoms with Crippen LogP contribution in [0.1, 0.15) is 66.3 Å². The fourth-order valence-corrected chi connectivity index (χ4v) is 0. The first-order valence-corrected chi connectivity index (χ1v) is 8.73. The van der Waals surface area contributed by atoms with Gasteiger partial charge >= 0.3 is 0 Å². The Bertz CT molecular complexity index is 182. The van der Waals surface area contributed by atoms with Crippen molar-refractivity contribution < 1.29 is 30.7 Å². The molecule has 0 radical (unpaired) electrons. The van der Waals surface area contributed by atoms with Gasteiger partial charge in [-0.3, -0.25) is 0 Å². The molecule has 0 aliphatic carbocycles. The van der Waals surface area contributed by atoms with Gasteiger partial charge in [0.25, 0.3) is 0 Å². The molecule has 0 heterocycles. The Labute approximate surface area is 160 Å². The maximum Gasteiger partial charge on any atom is 0.144 e. The fourth-order valence-electron chi connectivity index (χ4n) is 0. The van der Waals surface area contributed by atoms with Crippen LogP contribution in [0.2, 0.25) is 0 Å². The van der Waals surface area contributed by atoms with Gasteiger partial charge in [0.2, 0.25) is 0 Å².